The van der Waals surface area contributed by atoms with E-state index in [0.29, 0.717) is 11.8 Å². The molecule has 0 saturated heterocycles. The van der Waals surface area contributed by atoms with Crippen LogP contribution < -0.4 is 10.5 Å². The van der Waals surface area contributed by atoms with Gasteiger partial charge in [0.15, 0.2) is 0 Å². The van der Waals surface area contributed by atoms with Gasteiger partial charge >= 0.3 is 0 Å². The maximum atomic E-state index is 13.3. The quantitative estimate of drug-likeness (QED) is 0.365. The van der Waals surface area contributed by atoms with Crippen molar-refractivity contribution in [1.82, 2.24) is 4.72 Å². The van der Waals surface area contributed by atoms with Crippen molar-refractivity contribution in [2.24, 2.45) is 23.5 Å². The fourth-order valence-corrected chi connectivity index (χ4v) is 9.16. The van der Waals surface area contributed by atoms with Crippen LogP contribution in [0, 0.1) is 17.8 Å². The topological polar surface area (TPSA) is 72.2 Å². The Labute approximate surface area is 221 Å². The van der Waals surface area contributed by atoms with E-state index in [2.05, 4.69) is 29.0 Å². The van der Waals surface area contributed by atoms with Gasteiger partial charge in [-0.3, -0.25) is 0 Å². The molecule has 4 saturated carbocycles. The van der Waals surface area contributed by atoms with Gasteiger partial charge in [-0.2, -0.15) is 0 Å². The zero-order valence-corrected chi connectivity index (χ0v) is 22.2. The highest BCUT2D eigenvalue weighted by Gasteiger charge is 2.51. The van der Waals surface area contributed by atoms with E-state index in [9.17, 15) is 8.42 Å². The lowest BCUT2D eigenvalue weighted by Crippen LogP contribution is -2.48. The van der Waals surface area contributed by atoms with Crippen LogP contribution in [0.4, 0.5) is 0 Å². The summed E-state index contributed by atoms with van der Waals surface area (Å²) in [5.74, 6) is 2.79. The Hall–Kier alpha value is -2.47. The summed E-state index contributed by atoms with van der Waals surface area (Å²) < 4.78 is 29.4. The van der Waals surface area contributed by atoms with E-state index in [4.69, 9.17) is 5.73 Å². The van der Waals surface area contributed by atoms with Gasteiger partial charge < -0.3 is 5.73 Å². The smallest absolute Gasteiger partial charge is 0.212 e. The van der Waals surface area contributed by atoms with Gasteiger partial charge in [0.25, 0.3) is 0 Å². The van der Waals surface area contributed by atoms with Gasteiger partial charge in [0.2, 0.25) is 10.0 Å². The maximum Gasteiger partial charge on any atom is 0.212 e. The van der Waals surface area contributed by atoms with E-state index < -0.39 is 22.1 Å². The SMILES string of the molecule is N[C@H](c1ccccc1)[C@H](NS(=O)(=O)CCc1ccc(C23CC4CC(CC(C4)C2)C3)cc1)c1ccccc1. The highest BCUT2D eigenvalue weighted by molar-refractivity contribution is 7.89. The first-order chi connectivity index (χ1) is 17.9. The molecule has 0 spiro atoms. The molecule has 5 heteroatoms. The zero-order valence-electron chi connectivity index (χ0n) is 21.4. The van der Waals surface area contributed by atoms with Gasteiger partial charge in [-0.25, -0.2) is 13.1 Å². The molecule has 194 valence electrons. The summed E-state index contributed by atoms with van der Waals surface area (Å²) in [6.45, 7) is 0. The van der Waals surface area contributed by atoms with E-state index in [1.165, 1.54) is 44.1 Å². The van der Waals surface area contributed by atoms with Gasteiger partial charge in [-0.05, 0) is 90.4 Å². The molecule has 4 fully saturated rings. The van der Waals surface area contributed by atoms with Crippen LogP contribution in [0.1, 0.15) is 72.9 Å². The highest BCUT2D eigenvalue weighted by Crippen LogP contribution is 2.60. The van der Waals surface area contributed by atoms with Crippen LogP contribution in [0.3, 0.4) is 0 Å². The normalized spacial score (nSPS) is 28.2. The number of sulfonamides is 1. The van der Waals surface area contributed by atoms with Crippen molar-refractivity contribution in [1.29, 1.82) is 0 Å². The largest absolute Gasteiger partial charge is 0.322 e. The number of nitrogens with one attached hydrogen (secondary N) is 1. The van der Waals surface area contributed by atoms with Gasteiger partial charge in [0, 0.05) is 0 Å². The van der Waals surface area contributed by atoms with Crippen LogP contribution >= 0.6 is 0 Å². The van der Waals surface area contributed by atoms with E-state index in [0.717, 1.165) is 34.4 Å². The van der Waals surface area contributed by atoms with Crippen molar-refractivity contribution in [3.8, 4) is 0 Å². The maximum absolute atomic E-state index is 13.3. The van der Waals surface area contributed by atoms with Crippen molar-refractivity contribution >= 4 is 10.0 Å². The van der Waals surface area contributed by atoms with Crippen LogP contribution in [0.25, 0.3) is 0 Å². The van der Waals surface area contributed by atoms with Crippen molar-refractivity contribution < 1.29 is 8.42 Å². The zero-order chi connectivity index (χ0) is 25.5. The first kappa shape index (κ1) is 24.8. The molecule has 4 aliphatic carbocycles. The predicted molar refractivity (Wildman–Crippen MR) is 149 cm³/mol. The molecule has 37 heavy (non-hydrogen) atoms. The number of benzene rings is 3. The molecule has 4 nitrogen and oxygen atoms in total. The van der Waals surface area contributed by atoms with Crippen LogP contribution in [0.15, 0.2) is 84.9 Å². The van der Waals surface area contributed by atoms with Crippen molar-refractivity contribution in [2.75, 3.05) is 5.75 Å². The van der Waals surface area contributed by atoms with E-state index in [1.54, 1.807) is 0 Å². The monoisotopic (exact) mass is 514 g/mol. The van der Waals surface area contributed by atoms with Gasteiger partial charge in [-0.15, -0.1) is 0 Å². The summed E-state index contributed by atoms with van der Waals surface area (Å²) in [6.07, 6.45) is 8.86. The number of hydrogen-bond acceptors (Lipinski definition) is 3. The second-order valence-electron chi connectivity index (χ2n) is 11.9. The van der Waals surface area contributed by atoms with Gasteiger partial charge in [0.05, 0.1) is 17.8 Å². The number of hydrogen-bond donors (Lipinski definition) is 2. The molecule has 2 atom stereocenters. The predicted octanol–water partition coefficient (Wildman–Crippen LogP) is 6.06. The first-order valence-electron chi connectivity index (χ1n) is 13.8. The summed E-state index contributed by atoms with van der Waals surface area (Å²) in [5, 5.41) is 0. The van der Waals surface area contributed by atoms with Gasteiger partial charge in [-0.1, -0.05) is 84.9 Å². The second kappa shape index (κ2) is 10.0. The number of nitrogens with two attached hydrogens (primary N) is 1. The molecule has 0 amide bonds. The average molecular weight is 515 g/mol. The van der Waals surface area contributed by atoms with E-state index >= 15 is 0 Å². The summed E-state index contributed by atoms with van der Waals surface area (Å²) in [4.78, 5) is 0. The van der Waals surface area contributed by atoms with Crippen molar-refractivity contribution in [3.63, 3.8) is 0 Å². The molecule has 3 aromatic carbocycles. The third kappa shape index (κ3) is 5.27. The Morgan fingerprint density at radius 2 is 1.27 bits per heavy atom. The molecular weight excluding hydrogens is 476 g/mol. The minimum Gasteiger partial charge on any atom is -0.322 e. The molecule has 4 aliphatic rings. The third-order valence-electron chi connectivity index (χ3n) is 9.27. The fraction of sp³-hybridized carbons (Fsp3) is 0.438. The fourth-order valence-electron chi connectivity index (χ4n) is 7.87. The highest BCUT2D eigenvalue weighted by atomic mass is 32.2. The molecule has 7 rings (SSSR count). The Morgan fingerprint density at radius 3 is 1.81 bits per heavy atom. The summed E-state index contributed by atoms with van der Waals surface area (Å²) in [7, 11) is -3.56. The molecule has 0 aromatic heterocycles. The lowest BCUT2D eigenvalue weighted by molar-refractivity contribution is -0.00519. The number of aryl methyl sites for hydroxylation is 1. The third-order valence-corrected chi connectivity index (χ3v) is 10.6. The second-order valence-corrected chi connectivity index (χ2v) is 13.8. The minimum absolute atomic E-state index is 0.0363. The molecular formula is C32H38N2O2S. The molecule has 3 N–H and O–H groups in total. The molecule has 3 aromatic rings. The van der Waals surface area contributed by atoms with Gasteiger partial charge in [0.1, 0.15) is 0 Å². The van der Waals surface area contributed by atoms with Crippen LogP contribution in [-0.4, -0.2) is 14.2 Å². The lowest BCUT2D eigenvalue weighted by Gasteiger charge is -2.57. The lowest BCUT2D eigenvalue weighted by atomic mass is 9.48. The summed E-state index contributed by atoms with van der Waals surface area (Å²) in [5.41, 5.74) is 11.3. The Bertz CT molecular complexity index is 1270. The van der Waals surface area contributed by atoms with Crippen molar-refractivity contribution in [2.45, 2.75) is 62.4 Å². The standard InChI is InChI=1S/C32H38N2O2S/c33-30(27-7-3-1-4-8-27)31(28-9-5-2-6-10-28)34-37(35,36)16-15-23-11-13-29(14-12-23)32-20-24-17-25(21-32)19-26(18-24)22-32/h1-14,24-26,30-31,34H,15-22,33H2/t24?,25?,26?,30-,31-,32?/m1/s1. The Kier molecular flexibility index (Phi) is 6.72. The molecule has 0 heterocycles. The van der Waals surface area contributed by atoms with Crippen LogP contribution in [0.2, 0.25) is 0 Å². The molecule has 4 bridgehead atoms. The molecule has 0 unspecified atom stereocenters. The Morgan fingerprint density at radius 1 is 0.757 bits per heavy atom. The van der Waals surface area contributed by atoms with Crippen molar-refractivity contribution in [3.05, 3.63) is 107 Å². The average Bonchev–Trinajstić information content (AvgIpc) is 2.91. The molecule has 0 aliphatic heterocycles. The number of rotatable bonds is 9. The Balaban J connectivity index is 1.14. The van der Waals surface area contributed by atoms with E-state index in [1.807, 2.05) is 60.7 Å². The molecule has 0 radical (unpaired) electrons. The first-order valence-corrected chi connectivity index (χ1v) is 15.5. The van der Waals surface area contributed by atoms with E-state index in [-0.39, 0.29) is 5.75 Å². The summed E-state index contributed by atoms with van der Waals surface area (Å²) >= 11 is 0. The van der Waals surface area contributed by atoms with Crippen LogP contribution in [-0.2, 0) is 21.9 Å². The summed E-state index contributed by atoms with van der Waals surface area (Å²) in [6, 6.07) is 27.2. The minimum atomic E-state index is -3.56. The van der Waals surface area contributed by atoms with Crippen LogP contribution in [0.5, 0.6) is 0 Å².